The van der Waals surface area contributed by atoms with Crippen molar-refractivity contribution in [2.75, 3.05) is 25.1 Å². The van der Waals surface area contributed by atoms with E-state index in [1.54, 1.807) is 30.3 Å². The molecule has 0 unspecified atom stereocenters. The van der Waals surface area contributed by atoms with Crippen molar-refractivity contribution in [3.8, 4) is 11.5 Å². The van der Waals surface area contributed by atoms with Crippen LogP contribution >= 0.6 is 11.6 Å². The Labute approximate surface area is 165 Å². The molecule has 0 saturated heterocycles. The standard InChI is InChI=1S/C20H16ClNO6/c21-14-2-4-17-12(6-14)5-13(8-26-17)20(25)28-9-16(23)11-1-3-18-15(7-11)22-19(24)10-27-18/h1-4,6-7,13H,5,8-10H2,(H,22,24)/t13-/m0/s1. The molecule has 1 atom stereocenters. The molecule has 0 aromatic heterocycles. The summed E-state index contributed by atoms with van der Waals surface area (Å²) in [6.45, 7) is -0.273. The highest BCUT2D eigenvalue weighted by Crippen LogP contribution is 2.31. The Morgan fingerprint density at radius 1 is 1.14 bits per heavy atom. The molecule has 2 aliphatic rings. The van der Waals surface area contributed by atoms with Crippen molar-refractivity contribution in [3.05, 3.63) is 52.5 Å². The zero-order chi connectivity index (χ0) is 19.7. The predicted molar refractivity (Wildman–Crippen MR) is 100.0 cm³/mol. The summed E-state index contributed by atoms with van der Waals surface area (Å²) < 4.78 is 16.0. The van der Waals surface area contributed by atoms with Crippen LogP contribution in [0.1, 0.15) is 15.9 Å². The summed E-state index contributed by atoms with van der Waals surface area (Å²) >= 11 is 5.98. The average molecular weight is 402 g/mol. The highest BCUT2D eigenvalue weighted by atomic mass is 35.5. The molecule has 0 spiro atoms. The lowest BCUT2D eigenvalue weighted by atomic mass is 9.97. The molecule has 28 heavy (non-hydrogen) atoms. The normalized spacial score (nSPS) is 17.3. The van der Waals surface area contributed by atoms with E-state index >= 15 is 0 Å². The molecule has 1 amide bonds. The van der Waals surface area contributed by atoms with Crippen molar-refractivity contribution in [1.82, 2.24) is 0 Å². The van der Waals surface area contributed by atoms with Crippen molar-refractivity contribution in [2.45, 2.75) is 6.42 Å². The molecular formula is C20H16ClNO6. The van der Waals surface area contributed by atoms with Gasteiger partial charge in [0.25, 0.3) is 5.91 Å². The van der Waals surface area contributed by atoms with E-state index in [1.165, 1.54) is 6.07 Å². The second kappa shape index (κ2) is 7.52. The van der Waals surface area contributed by atoms with Crippen molar-refractivity contribution in [3.63, 3.8) is 0 Å². The maximum Gasteiger partial charge on any atom is 0.313 e. The number of benzene rings is 2. The molecule has 0 bridgehead atoms. The molecule has 144 valence electrons. The number of amides is 1. The number of hydrogen-bond donors (Lipinski definition) is 1. The SMILES string of the molecule is O=C1COc2ccc(C(=O)COC(=O)[C@@H]3COc4ccc(Cl)cc4C3)cc2N1. The quantitative estimate of drug-likeness (QED) is 0.625. The molecule has 0 fully saturated rings. The summed E-state index contributed by atoms with van der Waals surface area (Å²) in [6.07, 6.45) is 0.436. The first-order chi connectivity index (χ1) is 13.5. The maximum atomic E-state index is 12.4. The molecule has 0 radical (unpaired) electrons. The fourth-order valence-electron chi connectivity index (χ4n) is 3.11. The van der Waals surface area contributed by atoms with Crippen molar-refractivity contribution in [1.29, 1.82) is 0 Å². The summed E-state index contributed by atoms with van der Waals surface area (Å²) in [5, 5.41) is 3.20. The Morgan fingerprint density at radius 2 is 1.96 bits per heavy atom. The molecule has 8 heteroatoms. The van der Waals surface area contributed by atoms with Gasteiger partial charge in [-0.3, -0.25) is 14.4 Å². The number of hydrogen-bond acceptors (Lipinski definition) is 6. The number of anilines is 1. The molecule has 2 aromatic rings. The molecular weight excluding hydrogens is 386 g/mol. The van der Waals surface area contributed by atoms with E-state index in [9.17, 15) is 14.4 Å². The first-order valence-electron chi connectivity index (χ1n) is 8.67. The van der Waals surface area contributed by atoms with Gasteiger partial charge >= 0.3 is 5.97 Å². The van der Waals surface area contributed by atoms with Crippen LogP contribution < -0.4 is 14.8 Å². The third kappa shape index (κ3) is 3.80. The Kier molecular flexibility index (Phi) is 4.92. The van der Waals surface area contributed by atoms with Crippen LogP contribution in [0.25, 0.3) is 0 Å². The third-order valence-corrected chi connectivity index (χ3v) is 4.78. The number of nitrogens with one attached hydrogen (secondary N) is 1. The van der Waals surface area contributed by atoms with Crippen LogP contribution in [0, 0.1) is 5.92 Å². The van der Waals surface area contributed by atoms with E-state index in [-0.39, 0.29) is 24.9 Å². The average Bonchev–Trinajstić information content (AvgIpc) is 2.70. The lowest BCUT2D eigenvalue weighted by Crippen LogP contribution is -2.31. The topological polar surface area (TPSA) is 90.9 Å². The minimum absolute atomic E-state index is 0.0598. The molecule has 7 nitrogen and oxygen atoms in total. The monoisotopic (exact) mass is 401 g/mol. The van der Waals surface area contributed by atoms with Crippen molar-refractivity contribution in [2.24, 2.45) is 5.92 Å². The van der Waals surface area contributed by atoms with Gasteiger partial charge in [0.1, 0.15) is 18.1 Å². The van der Waals surface area contributed by atoms with Crippen molar-refractivity contribution < 1.29 is 28.6 Å². The number of fused-ring (bicyclic) bond motifs is 2. The largest absolute Gasteiger partial charge is 0.492 e. The van der Waals surface area contributed by atoms with Gasteiger partial charge in [0, 0.05) is 10.6 Å². The van der Waals surface area contributed by atoms with Gasteiger partial charge in [-0.25, -0.2) is 0 Å². The van der Waals surface area contributed by atoms with E-state index < -0.39 is 18.5 Å². The second-order valence-electron chi connectivity index (χ2n) is 6.54. The lowest BCUT2D eigenvalue weighted by molar-refractivity contribution is -0.148. The smallest absolute Gasteiger partial charge is 0.313 e. The minimum atomic E-state index is -0.506. The molecule has 4 rings (SSSR count). The number of ketones is 1. The summed E-state index contributed by atoms with van der Waals surface area (Å²) in [5.41, 5.74) is 1.56. The van der Waals surface area contributed by atoms with Gasteiger partial charge in [0.15, 0.2) is 19.0 Å². The van der Waals surface area contributed by atoms with Gasteiger partial charge in [-0.2, -0.15) is 0 Å². The number of Topliss-reactive ketones (excluding diaryl/α,β-unsaturated/α-hetero) is 1. The van der Waals surface area contributed by atoms with E-state index in [1.807, 2.05) is 0 Å². The Balaban J connectivity index is 1.37. The summed E-state index contributed by atoms with van der Waals surface area (Å²) in [5.74, 6) is -0.492. The molecule has 0 aliphatic carbocycles. The number of carbonyl (C=O) groups excluding carboxylic acids is 3. The zero-order valence-corrected chi connectivity index (χ0v) is 15.5. The zero-order valence-electron chi connectivity index (χ0n) is 14.7. The second-order valence-corrected chi connectivity index (χ2v) is 6.98. The van der Waals surface area contributed by atoms with E-state index in [4.69, 9.17) is 25.8 Å². The predicted octanol–water partition coefficient (Wildman–Crippen LogP) is 2.65. The van der Waals surface area contributed by atoms with Crippen molar-refractivity contribution >= 4 is 34.9 Å². The number of esters is 1. The van der Waals surface area contributed by atoms with Gasteiger partial charge in [0.05, 0.1) is 11.6 Å². The number of rotatable bonds is 4. The van der Waals surface area contributed by atoms with E-state index in [0.717, 1.165) is 5.56 Å². The highest BCUT2D eigenvalue weighted by molar-refractivity contribution is 6.30. The number of ether oxygens (including phenoxy) is 3. The molecule has 1 N–H and O–H groups in total. The summed E-state index contributed by atoms with van der Waals surface area (Å²) in [7, 11) is 0. The Morgan fingerprint density at radius 3 is 2.82 bits per heavy atom. The van der Waals surface area contributed by atoms with Crippen LogP contribution in [0.5, 0.6) is 11.5 Å². The van der Waals surface area contributed by atoms with Gasteiger partial charge in [-0.1, -0.05) is 11.6 Å². The van der Waals surface area contributed by atoms with E-state index in [0.29, 0.717) is 34.2 Å². The first kappa shape index (κ1) is 18.3. The van der Waals surface area contributed by atoms with E-state index in [2.05, 4.69) is 5.32 Å². The van der Waals surface area contributed by atoms with Crippen LogP contribution in [-0.2, 0) is 20.7 Å². The Hall–Kier alpha value is -3.06. The Bertz CT molecular complexity index is 973. The number of halogens is 1. The summed E-state index contributed by atoms with van der Waals surface area (Å²) in [4.78, 5) is 36.1. The van der Waals surface area contributed by atoms with Gasteiger partial charge in [-0.05, 0) is 48.4 Å². The molecule has 2 heterocycles. The maximum absolute atomic E-state index is 12.4. The van der Waals surface area contributed by atoms with Gasteiger partial charge in [0.2, 0.25) is 0 Å². The van der Waals surface area contributed by atoms with Crippen LogP contribution in [0.4, 0.5) is 5.69 Å². The first-order valence-corrected chi connectivity index (χ1v) is 9.05. The van der Waals surface area contributed by atoms with Crippen LogP contribution in [0.2, 0.25) is 5.02 Å². The highest BCUT2D eigenvalue weighted by Gasteiger charge is 2.28. The number of carbonyl (C=O) groups is 3. The molecule has 2 aromatic carbocycles. The third-order valence-electron chi connectivity index (χ3n) is 4.54. The minimum Gasteiger partial charge on any atom is -0.492 e. The van der Waals surface area contributed by atoms with Crippen LogP contribution in [-0.4, -0.2) is 37.5 Å². The molecule has 2 aliphatic heterocycles. The van der Waals surface area contributed by atoms with Crippen LogP contribution in [0.3, 0.4) is 0 Å². The van der Waals surface area contributed by atoms with Gasteiger partial charge in [-0.15, -0.1) is 0 Å². The molecule has 0 saturated carbocycles. The van der Waals surface area contributed by atoms with Crippen LogP contribution in [0.15, 0.2) is 36.4 Å². The fraction of sp³-hybridized carbons (Fsp3) is 0.250. The fourth-order valence-corrected chi connectivity index (χ4v) is 3.30. The lowest BCUT2D eigenvalue weighted by Gasteiger charge is -2.24. The van der Waals surface area contributed by atoms with Gasteiger partial charge < -0.3 is 19.5 Å². The summed E-state index contributed by atoms with van der Waals surface area (Å²) in [6, 6.07) is 9.91.